The molecule has 1 aliphatic carbocycles. The van der Waals surface area contributed by atoms with E-state index < -0.39 is 0 Å². The molecule has 1 aromatic rings. The minimum Gasteiger partial charge on any atom is -0.207 e. The predicted molar refractivity (Wildman–Crippen MR) is 65.9 cm³/mol. The second-order valence-corrected chi connectivity index (χ2v) is 5.49. The molecule has 0 bridgehead atoms. The molecule has 1 aliphatic rings. The van der Waals surface area contributed by atoms with Crippen LogP contribution in [-0.4, -0.2) is 0 Å². The van der Waals surface area contributed by atoms with Crippen LogP contribution in [0.15, 0.2) is 18.2 Å². The lowest BCUT2D eigenvalue weighted by atomic mass is 9.80. The summed E-state index contributed by atoms with van der Waals surface area (Å²) in [6.45, 7) is 4.18. The van der Waals surface area contributed by atoms with Gasteiger partial charge in [-0.2, -0.15) is 5.26 Å². The van der Waals surface area contributed by atoms with Crippen molar-refractivity contribution < 1.29 is 4.39 Å². The maximum atomic E-state index is 13.2. The van der Waals surface area contributed by atoms with Crippen LogP contribution in [0.1, 0.15) is 37.3 Å². The molecule has 0 heterocycles. The Morgan fingerprint density at radius 1 is 1.53 bits per heavy atom. The second kappa shape index (κ2) is 4.49. The van der Waals surface area contributed by atoms with Crippen molar-refractivity contribution in [1.82, 2.24) is 0 Å². The van der Waals surface area contributed by atoms with Crippen molar-refractivity contribution in [2.75, 3.05) is 0 Å². The normalized spacial score (nSPS) is 28.0. The number of benzene rings is 1. The third kappa shape index (κ3) is 2.49. The van der Waals surface area contributed by atoms with Crippen LogP contribution in [0.4, 0.5) is 4.39 Å². The number of halogens is 1. The van der Waals surface area contributed by atoms with E-state index in [0.717, 1.165) is 30.4 Å². The van der Waals surface area contributed by atoms with Gasteiger partial charge in [0.25, 0.3) is 0 Å². The highest BCUT2D eigenvalue weighted by Gasteiger charge is 2.37. The van der Waals surface area contributed by atoms with Crippen LogP contribution in [0.5, 0.6) is 0 Å². The molecule has 17 heavy (non-hydrogen) atoms. The molecule has 0 aromatic heterocycles. The number of nitriles is 1. The molecule has 0 aliphatic heterocycles. The largest absolute Gasteiger partial charge is 0.207 e. The van der Waals surface area contributed by atoms with Crippen LogP contribution in [0.25, 0.3) is 0 Å². The third-order valence-electron chi connectivity index (χ3n) is 3.93. The van der Waals surface area contributed by atoms with E-state index in [-0.39, 0.29) is 11.2 Å². The Labute approximate surface area is 102 Å². The van der Waals surface area contributed by atoms with Gasteiger partial charge in [-0.25, -0.2) is 4.39 Å². The van der Waals surface area contributed by atoms with Crippen molar-refractivity contribution in [2.45, 2.75) is 39.5 Å². The summed E-state index contributed by atoms with van der Waals surface area (Å²) >= 11 is 0. The molecule has 0 amide bonds. The molecule has 0 saturated heterocycles. The zero-order valence-corrected chi connectivity index (χ0v) is 10.5. The van der Waals surface area contributed by atoms with Crippen LogP contribution < -0.4 is 0 Å². The lowest BCUT2D eigenvalue weighted by molar-refractivity contribution is 0.390. The molecule has 1 aromatic carbocycles. The van der Waals surface area contributed by atoms with Gasteiger partial charge in [0.1, 0.15) is 5.82 Å². The summed E-state index contributed by atoms with van der Waals surface area (Å²) < 4.78 is 13.2. The second-order valence-electron chi connectivity index (χ2n) is 5.49. The van der Waals surface area contributed by atoms with Crippen molar-refractivity contribution in [3.8, 4) is 6.07 Å². The maximum Gasteiger partial charge on any atom is 0.123 e. The first-order valence-corrected chi connectivity index (χ1v) is 6.21. The van der Waals surface area contributed by atoms with Gasteiger partial charge in [0, 0.05) is 0 Å². The first-order chi connectivity index (χ1) is 8.04. The van der Waals surface area contributed by atoms with Crippen LogP contribution >= 0.6 is 0 Å². The molecule has 2 heteroatoms. The summed E-state index contributed by atoms with van der Waals surface area (Å²) in [6, 6.07) is 7.34. The van der Waals surface area contributed by atoms with Gasteiger partial charge in [-0.3, -0.25) is 0 Å². The fraction of sp³-hybridized carbons (Fsp3) is 0.533. The Hall–Kier alpha value is -1.36. The van der Waals surface area contributed by atoms with Gasteiger partial charge >= 0.3 is 0 Å². The first-order valence-electron chi connectivity index (χ1n) is 6.21. The van der Waals surface area contributed by atoms with E-state index in [9.17, 15) is 9.65 Å². The topological polar surface area (TPSA) is 23.8 Å². The number of hydrogen-bond donors (Lipinski definition) is 0. The number of aryl methyl sites for hydroxylation is 1. The first kappa shape index (κ1) is 12.1. The SMILES string of the molecule is Cc1ccc(F)cc1CC1(C#N)CCC(C)C1. The van der Waals surface area contributed by atoms with Crippen molar-refractivity contribution in [3.05, 3.63) is 35.1 Å². The predicted octanol–water partition coefficient (Wildman–Crippen LogP) is 4.01. The van der Waals surface area contributed by atoms with E-state index in [1.165, 1.54) is 6.07 Å². The fourth-order valence-corrected chi connectivity index (χ4v) is 2.89. The Bertz CT molecular complexity index is 460. The Kier molecular flexibility index (Phi) is 3.19. The summed E-state index contributed by atoms with van der Waals surface area (Å²) in [5.41, 5.74) is 1.80. The van der Waals surface area contributed by atoms with E-state index in [0.29, 0.717) is 12.3 Å². The molecule has 0 N–H and O–H groups in total. The van der Waals surface area contributed by atoms with Crippen molar-refractivity contribution in [2.24, 2.45) is 11.3 Å². The van der Waals surface area contributed by atoms with E-state index in [1.54, 1.807) is 12.1 Å². The smallest absolute Gasteiger partial charge is 0.123 e. The van der Waals surface area contributed by atoms with Crippen LogP contribution in [-0.2, 0) is 6.42 Å². The lowest BCUT2D eigenvalue weighted by Gasteiger charge is -2.21. The summed E-state index contributed by atoms with van der Waals surface area (Å²) in [5, 5.41) is 9.41. The quantitative estimate of drug-likeness (QED) is 0.754. The summed E-state index contributed by atoms with van der Waals surface area (Å²) in [4.78, 5) is 0. The van der Waals surface area contributed by atoms with Crippen molar-refractivity contribution in [3.63, 3.8) is 0 Å². The minimum absolute atomic E-state index is 0.204. The molecule has 1 fully saturated rings. The van der Waals surface area contributed by atoms with Crippen LogP contribution in [0.3, 0.4) is 0 Å². The van der Waals surface area contributed by atoms with Crippen molar-refractivity contribution >= 4 is 0 Å². The summed E-state index contributed by atoms with van der Waals surface area (Å²) in [7, 11) is 0. The molecule has 2 unspecified atom stereocenters. The molecule has 1 saturated carbocycles. The molecule has 90 valence electrons. The Balaban J connectivity index is 2.25. The van der Waals surface area contributed by atoms with Crippen LogP contribution in [0, 0.1) is 35.4 Å². The summed E-state index contributed by atoms with van der Waals surface area (Å²) in [6.07, 6.45) is 3.69. The molecule has 2 atom stereocenters. The molecule has 0 spiro atoms. The Morgan fingerprint density at radius 2 is 2.29 bits per heavy atom. The van der Waals surface area contributed by atoms with Gasteiger partial charge in [-0.05, 0) is 61.8 Å². The zero-order chi connectivity index (χ0) is 12.5. The van der Waals surface area contributed by atoms with Crippen LogP contribution in [0.2, 0.25) is 0 Å². The third-order valence-corrected chi connectivity index (χ3v) is 3.93. The average molecular weight is 231 g/mol. The zero-order valence-electron chi connectivity index (χ0n) is 10.5. The fourth-order valence-electron chi connectivity index (χ4n) is 2.89. The number of hydrogen-bond acceptors (Lipinski definition) is 1. The molecule has 1 nitrogen and oxygen atoms in total. The van der Waals surface area contributed by atoms with E-state index >= 15 is 0 Å². The maximum absolute atomic E-state index is 13.2. The number of nitrogens with zero attached hydrogens (tertiary/aromatic N) is 1. The van der Waals surface area contributed by atoms with Crippen molar-refractivity contribution in [1.29, 1.82) is 5.26 Å². The van der Waals surface area contributed by atoms with E-state index in [2.05, 4.69) is 13.0 Å². The van der Waals surface area contributed by atoms with Gasteiger partial charge in [0.2, 0.25) is 0 Å². The van der Waals surface area contributed by atoms with E-state index in [4.69, 9.17) is 0 Å². The highest BCUT2D eigenvalue weighted by molar-refractivity contribution is 5.29. The molecular weight excluding hydrogens is 213 g/mol. The van der Waals surface area contributed by atoms with Gasteiger partial charge in [0.15, 0.2) is 0 Å². The van der Waals surface area contributed by atoms with Gasteiger partial charge in [0.05, 0.1) is 11.5 Å². The molecular formula is C15H18FN. The highest BCUT2D eigenvalue weighted by Crippen LogP contribution is 2.43. The average Bonchev–Trinajstić information content (AvgIpc) is 2.66. The molecule has 2 rings (SSSR count). The van der Waals surface area contributed by atoms with Gasteiger partial charge in [-0.1, -0.05) is 13.0 Å². The minimum atomic E-state index is -0.266. The van der Waals surface area contributed by atoms with Gasteiger partial charge < -0.3 is 0 Å². The van der Waals surface area contributed by atoms with Gasteiger partial charge in [-0.15, -0.1) is 0 Å². The highest BCUT2D eigenvalue weighted by atomic mass is 19.1. The molecule has 0 radical (unpaired) electrons. The summed E-state index contributed by atoms with van der Waals surface area (Å²) in [5.74, 6) is 0.410. The number of rotatable bonds is 2. The Morgan fingerprint density at radius 3 is 2.88 bits per heavy atom. The monoisotopic (exact) mass is 231 g/mol. The standard InChI is InChI=1S/C15H18FN/c1-11-5-6-15(8-11,10-17)9-13-7-14(16)4-3-12(13)2/h3-4,7,11H,5-6,8-9H2,1-2H3. The van der Waals surface area contributed by atoms with E-state index in [1.807, 2.05) is 6.92 Å². The lowest BCUT2D eigenvalue weighted by Crippen LogP contribution is -2.18.